The molecule has 0 aliphatic carbocycles. The number of benzene rings is 1. The van der Waals surface area contributed by atoms with Gasteiger partial charge in [0.1, 0.15) is 0 Å². The Morgan fingerprint density at radius 1 is 1.60 bits per heavy atom. The Balaban J connectivity index is 3.30. The summed E-state index contributed by atoms with van der Waals surface area (Å²) in [6.45, 7) is 5.48. The summed E-state index contributed by atoms with van der Waals surface area (Å²) in [5, 5.41) is 19.3. The van der Waals surface area contributed by atoms with E-state index in [0.29, 0.717) is 5.56 Å². The summed E-state index contributed by atoms with van der Waals surface area (Å²) in [5.74, 6) is -0.00278. The Bertz CT molecular complexity index is 446. The number of hydrogen-bond donors (Lipinski definition) is 0. The van der Waals surface area contributed by atoms with Gasteiger partial charge in [0.15, 0.2) is 0 Å². The van der Waals surface area contributed by atoms with Crippen molar-refractivity contribution in [3.8, 4) is 6.07 Å². The number of nitrogens with zero attached hydrogens (tertiary/aromatic N) is 2. The summed E-state index contributed by atoms with van der Waals surface area (Å²) in [6.07, 6.45) is 1.68. The van der Waals surface area contributed by atoms with E-state index in [9.17, 15) is 10.1 Å². The fraction of sp³-hybridized carbons (Fsp3) is 0.182. The Kier molecular flexibility index (Phi) is 3.19. The van der Waals surface area contributed by atoms with Crippen LogP contribution >= 0.6 is 0 Å². The van der Waals surface area contributed by atoms with E-state index in [0.717, 1.165) is 5.56 Å². The summed E-state index contributed by atoms with van der Waals surface area (Å²) in [4.78, 5) is 10.1. The first kappa shape index (κ1) is 10.9. The first-order valence-corrected chi connectivity index (χ1v) is 4.40. The van der Waals surface area contributed by atoms with Gasteiger partial charge in [-0.15, -0.1) is 6.58 Å². The molecule has 1 aromatic rings. The topological polar surface area (TPSA) is 66.9 Å². The lowest BCUT2D eigenvalue weighted by Crippen LogP contribution is -1.94. The van der Waals surface area contributed by atoms with Crippen LogP contribution < -0.4 is 0 Å². The molecular formula is C11H10N2O2. The van der Waals surface area contributed by atoms with E-state index in [1.54, 1.807) is 12.1 Å². The molecule has 0 fully saturated rings. The fourth-order valence-electron chi connectivity index (χ4n) is 1.20. The van der Waals surface area contributed by atoms with Crippen LogP contribution in [0.2, 0.25) is 0 Å². The molecule has 0 saturated carbocycles. The van der Waals surface area contributed by atoms with Gasteiger partial charge in [0, 0.05) is 12.1 Å². The maximum Gasteiger partial charge on any atom is 0.271 e. The molecule has 0 aromatic heterocycles. The minimum Gasteiger partial charge on any atom is -0.258 e. The second-order valence-electron chi connectivity index (χ2n) is 3.21. The fourth-order valence-corrected chi connectivity index (χ4v) is 1.20. The Morgan fingerprint density at radius 2 is 2.27 bits per heavy atom. The standard InChI is InChI=1S/C11H10N2O2/c1-3-8(2)10-4-9(7-12)5-11(6-10)13(14)15/h3-6,8H,1H2,2H3. The highest BCUT2D eigenvalue weighted by Crippen LogP contribution is 2.23. The quantitative estimate of drug-likeness (QED) is 0.430. The maximum atomic E-state index is 10.6. The molecule has 0 aliphatic heterocycles. The molecule has 76 valence electrons. The molecule has 1 unspecified atom stereocenters. The van der Waals surface area contributed by atoms with Gasteiger partial charge in [0.05, 0.1) is 16.6 Å². The Morgan fingerprint density at radius 3 is 2.73 bits per heavy atom. The van der Waals surface area contributed by atoms with Crippen molar-refractivity contribution in [2.45, 2.75) is 12.8 Å². The normalized spacial score (nSPS) is 11.5. The van der Waals surface area contributed by atoms with E-state index >= 15 is 0 Å². The lowest BCUT2D eigenvalue weighted by molar-refractivity contribution is -0.384. The molecule has 0 radical (unpaired) electrons. The molecule has 0 bridgehead atoms. The number of nitriles is 1. The van der Waals surface area contributed by atoms with Crippen molar-refractivity contribution in [2.75, 3.05) is 0 Å². The van der Waals surface area contributed by atoms with Crippen molar-refractivity contribution in [2.24, 2.45) is 0 Å². The van der Waals surface area contributed by atoms with Crippen molar-refractivity contribution < 1.29 is 4.92 Å². The van der Waals surface area contributed by atoms with Gasteiger partial charge in [-0.1, -0.05) is 13.0 Å². The van der Waals surface area contributed by atoms with Gasteiger partial charge in [-0.3, -0.25) is 10.1 Å². The second kappa shape index (κ2) is 4.38. The minimum atomic E-state index is -0.500. The molecule has 1 rings (SSSR count). The van der Waals surface area contributed by atoms with Crippen LogP contribution in [-0.2, 0) is 0 Å². The van der Waals surface area contributed by atoms with Crippen molar-refractivity contribution in [3.05, 3.63) is 52.1 Å². The molecule has 0 amide bonds. The zero-order chi connectivity index (χ0) is 11.4. The molecule has 1 aromatic carbocycles. The summed E-state index contributed by atoms with van der Waals surface area (Å²) < 4.78 is 0. The highest BCUT2D eigenvalue weighted by atomic mass is 16.6. The van der Waals surface area contributed by atoms with Gasteiger partial charge in [-0.2, -0.15) is 5.26 Å². The molecule has 15 heavy (non-hydrogen) atoms. The highest BCUT2D eigenvalue weighted by molar-refractivity contribution is 5.46. The first-order valence-electron chi connectivity index (χ1n) is 4.40. The lowest BCUT2D eigenvalue weighted by Gasteiger charge is -2.06. The second-order valence-corrected chi connectivity index (χ2v) is 3.21. The Labute approximate surface area is 87.6 Å². The number of nitro benzene ring substituents is 1. The molecule has 0 N–H and O–H groups in total. The van der Waals surface area contributed by atoms with E-state index < -0.39 is 4.92 Å². The Hall–Kier alpha value is -2.15. The summed E-state index contributed by atoms with van der Waals surface area (Å²) in [6, 6.07) is 6.27. The minimum absolute atomic E-state index is 0.00278. The number of allylic oxidation sites excluding steroid dienone is 1. The zero-order valence-electron chi connectivity index (χ0n) is 8.30. The summed E-state index contributed by atoms with van der Waals surface area (Å²) >= 11 is 0. The molecular weight excluding hydrogens is 192 g/mol. The van der Waals surface area contributed by atoms with E-state index in [4.69, 9.17) is 5.26 Å². The molecule has 1 atom stereocenters. The molecule has 0 spiro atoms. The van der Waals surface area contributed by atoms with Crippen LogP contribution in [0.25, 0.3) is 0 Å². The van der Waals surface area contributed by atoms with Crippen molar-refractivity contribution in [1.82, 2.24) is 0 Å². The van der Waals surface area contributed by atoms with E-state index in [2.05, 4.69) is 6.58 Å². The maximum absolute atomic E-state index is 10.6. The largest absolute Gasteiger partial charge is 0.271 e. The summed E-state index contributed by atoms with van der Waals surface area (Å²) in [7, 11) is 0. The molecule has 4 nitrogen and oxygen atoms in total. The molecule has 0 heterocycles. The average Bonchev–Trinajstić information content (AvgIpc) is 2.27. The van der Waals surface area contributed by atoms with Crippen LogP contribution in [0.4, 0.5) is 5.69 Å². The van der Waals surface area contributed by atoms with Gasteiger partial charge in [-0.05, 0) is 17.5 Å². The molecule has 4 heteroatoms. The van der Waals surface area contributed by atoms with Crippen LogP contribution in [0.3, 0.4) is 0 Å². The molecule has 0 aliphatic rings. The number of rotatable bonds is 3. The third-order valence-corrected chi connectivity index (χ3v) is 2.16. The first-order chi connectivity index (χ1) is 7.08. The van der Waals surface area contributed by atoms with E-state index in [-0.39, 0.29) is 11.6 Å². The third-order valence-electron chi connectivity index (χ3n) is 2.16. The number of hydrogen-bond acceptors (Lipinski definition) is 3. The number of nitro groups is 1. The van der Waals surface area contributed by atoms with Gasteiger partial charge in [0.25, 0.3) is 5.69 Å². The van der Waals surface area contributed by atoms with Gasteiger partial charge in [-0.25, -0.2) is 0 Å². The van der Waals surface area contributed by atoms with Crippen LogP contribution in [0, 0.1) is 21.4 Å². The third kappa shape index (κ3) is 2.41. The average molecular weight is 202 g/mol. The SMILES string of the molecule is C=CC(C)c1cc(C#N)cc([N+](=O)[O-])c1. The molecule has 0 saturated heterocycles. The number of non-ortho nitro benzene ring substituents is 1. The van der Waals surface area contributed by atoms with Crippen molar-refractivity contribution in [3.63, 3.8) is 0 Å². The lowest BCUT2D eigenvalue weighted by atomic mass is 9.99. The van der Waals surface area contributed by atoms with Crippen molar-refractivity contribution >= 4 is 5.69 Å². The highest BCUT2D eigenvalue weighted by Gasteiger charge is 2.11. The van der Waals surface area contributed by atoms with Crippen LogP contribution in [0.1, 0.15) is 24.0 Å². The van der Waals surface area contributed by atoms with Crippen LogP contribution in [0.15, 0.2) is 30.9 Å². The summed E-state index contributed by atoms with van der Waals surface area (Å²) in [5.41, 5.74) is 0.974. The smallest absolute Gasteiger partial charge is 0.258 e. The van der Waals surface area contributed by atoms with Crippen LogP contribution in [0.5, 0.6) is 0 Å². The van der Waals surface area contributed by atoms with E-state index in [1.165, 1.54) is 12.1 Å². The predicted octanol–water partition coefficient (Wildman–Crippen LogP) is 2.76. The van der Waals surface area contributed by atoms with Gasteiger partial charge >= 0.3 is 0 Å². The van der Waals surface area contributed by atoms with Gasteiger partial charge < -0.3 is 0 Å². The van der Waals surface area contributed by atoms with Crippen molar-refractivity contribution in [1.29, 1.82) is 5.26 Å². The predicted molar refractivity (Wildman–Crippen MR) is 56.4 cm³/mol. The van der Waals surface area contributed by atoms with Gasteiger partial charge in [0.2, 0.25) is 0 Å². The monoisotopic (exact) mass is 202 g/mol. The zero-order valence-corrected chi connectivity index (χ0v) is 8.30. The van der Waals surface area contributed by atoms with E-state index in [1.807, 2.05) is 13.0 Å². The van der Waals surface area contributed by atoms with Crippen LogP contribution in [-0.4, -0.2) is 4.92 Å².